The van der Waals surface area contributed by atoms with Crippen molar-refractivity contribution in [3.8, 4) is 0 Å². The van der Waals surface area contributed by atoms with E-state index in [-0.39, 0.29) is 5.95 Å². The molecule has 3 rings (SSSR count). The molecule has 1 saturated heterocycles. The van der Waals surface area contributed by atoms with Gasteiger partial charge in [0.2, 0.25) is 11.9 Å². The summed E-state index contributed by atoms with van der Waals surface area (Å²) in [6, 6.07) is 8.82. The van der Waals surface area contributed by atoms with E-state index in [4.69, 9.17) is 4.74 Å². The molecule has 0 bridgehead atoms. The van der Waals surface area contributed by atoms with Crippen LogP contribution in [0.3, 0.4) is 0 Å². The Hall–Kier alpha value is -2.74. The van der Waals surface area contributed by atoms with Gasteiger partial charge in [-0.05, 0) is 18.6 Å². The fourth-order valence-electron chi connectivity index (χ4n) is 2.62. The molecule has 0 unspecified atom stereocenters. The monoisotopic (exact) mass is 343 g/mol. The third kappa shape index (κ3) is 4.03. The Kier molecular flexibility index (Phi) is 5.39. The van der Waals surface area contributed by atoms with E-state index < -0.39 is 6.09 Å². The summed E-state index contributed by atoms with van der Waals surface area (Å²) >= 11 is 0. The Bertz CT molecular complexity index is 719. The molecule has 0 atom stereocenters. The lowest BCUT2D eigenvalue weighted by Crippen LogP contribution is -2.38. The van der Waals surface area contributed by atoms with Gasteiger partial charge in [0.1, 0.15) is 5.82 Å². The molecule has 132 valence electrons. The van der Waals surface area contributed by atoms with E-state index in [1.54, 1.807) is 24.3 Å². The molecule has 1 aromatic heterocycles. The van der Waals surface area contributed by atoms with Gasteiger partial charge >= 0.3 is 6.09 Å². The van der Waals surface area contributed by atoms with Crippen LogP contribution in [0.25, 0.3) is 0 Å². The van der Waals surface area contributed by atoms with Crippen molar-refractivity contribution in [1.82, 2.24) is 15.0 Å². The summed E-state index contributed by atoms with van der Waals surface area (Å²) in [6.07, 6.45) is 0.396. The molecule has 1 amide bonds. The molecular formula is C17H21N5O3. The zero-order valence-corrected chi connectivity index (χ0v) is 14.1. The van der Waals surface area contributed by atoms with E-state index in [2.05, 4.69) is 15.0 Å². The van der Waals surface area contributed by atoms with Crippen LogP contribution in [0.5, 0.6) is 0 Å². The Balaban J connectivity index is 2.03. The summed E-state index contributed by atoms with van der Waals surface area (Å²) < 4.78 is 5.37. The maximum absolute atomic E-state index is 11.8. The number of hydrogen-bond donors (Lipinski definition) is 1. The average molecular weight is 343 g/mol. The van der Waals surface area contributed by atoms with Crippen LogP contribution in [0.15, 0.2) is 30.3 Å². The largest absolute Gasteiger partial charge is 0.464 e. The molecule has 1 aliphatic heterocycles. The summed E-state index contributed by atoms with van der Waals surface area (Å²) in [5.74, 6) is 1.22. The Labute approximate surface area is 146 Å². The van der Waals surface area contributed by atoms with Crippen LogP contribution in [0.1, 0.15) is 19.2 Å². The molecule has 8 heteroatoms. The molecule has 0 aliphatic carbocycles. The number of amides is 1. The second-order valence-corrected chi connectivity index (χ2v) is 5.65. The van der Waals surface area contributed by atoms with Gasteiger partial charge in [-0.25, -0.2) is 9.69 Å². The van der Waals surface area contributed by atoms with Crippen LogP contribution in [0.4, 0.5) is 22.4 Å². The van der Waals surface area contributed by atoms with Crippen molar-refractivity contribution < 1.29 is 14.6 Å². The molecule has 0 saturated carbocycles. The summed E-state index contributed by atoms with van der Waals surface area (Å²) in [5, 5.41) is 9.69. The molecule has 0 radical (unpaired) electrons. The number of aryl methyl sites for hydroxylation is 1. The molecule has 1 fully saturated rings. The Morgan fingerprint density at radius 3 is 2.56 bits per heavy atom. The van der Waals surface area contributed by atoms with Gasteiger partial charge in [-0.1, -0.05) is 25.1 Å². The highest BCUT2D eigenvalue weighted by Crippen LogP contribution is 2.24. The van der Waals surface area contributed by atoms with Gasteiger partial charge in [-0.3, -0.25) is 0 Å². The van der Waals surface area contributed by atoms with E-state index in [9.17, 15) is 9.90 Å². The number of hydrogen-bond acceptors (Lipinski definition) is 6. The maximum atomic E-state index is 11.8. The number of rotatable bonds is 5. The number of carbonyl (C=O) groups is 1. The van der Waals surface area contributed by atoms with E-state index in [1.807, 2.05) is 17.9 Å². The average Bonchev–Trinajstić information content (AvgIpc) is 2.63. The summed E-state index contributed by atoms with van der Waals surface area (Å²) in [5.41, 5.74) is 0.497. The van der Waals surface area contributed by atoms with E-state index in [0.717, 1.165) is 11.3 Å². The van der Waals surface area contributed by atoms with Crippen molar-refractivity contribution in [3.05, 3.63) is 36.2 Å². The number of morpholine rings is 1. The second-order valence-electron chi connectivity index (χ2n) is 5.65. The highest BCUT2D eigenvalue weighted by atomic mass is 16.5. The number of anilines is 3. The van der Waals surface area contributed by atoms with Gasteiger partial charge in [0, 0.05) is 19.5 Å². The zero-order valence-electron chi connectivity index (χ0n) is 14.1. The summed E-state index contributed by atoms with van der Waals surface area (Å²) in [4.78, 5) is 28.3. The van der Waals surface area contributed by atoms with Gasteiger partial charge in [-0.15, -0.1) is 0 Å². The van der Waals surface area contributed by atoms with Crippen LogP contribution in [-0.2, 0) is 11.2 Å². The number of aromatic nitrogens is 3. The van der Waals surface area contributed by atoms with E-state index in [1.165, 1.54) is 0 Å². The number of para-hydroxylation sites is 1. The highest BCUT2D eigenvalue weighted by molar-refractivity contribution is 5.92. The fraction of sp³-hybridized carbons (Fsp3) is 0.412. The third-order valence-electron chi connectivity index (χ3n) is 3.83. The van der Waals surface area contributed by atoms with Gasteiger partial charge in [0.15, 0.2) is 0 Å². The van der Waals surface area contributed by atoms with Crippen LogP contribution in [0, 0.1) is 0 Å². The molecule has 1 N–H and O–H groups in total. The standard InChI is InChI=1S/C17H21N5O3/c1-2-6-14-18-15(21-9-11-25-12-10-21)20-16(19-14)22(17(23)24)13-7-4-3-5-8-13/h3-5,7-8H,2,6,9-12H2,1H3,(H,23,24). The van der Waals surface area contributed by atoms with Crippen molar-refractivity contribution in [1.29, 1.82) is 0 Å². The van der Waals surface area contributed by atoms with Gasteiger partial charge in [0.05, 0.1) is 18.9 Å². The molecule has 2 aromatic rings. The first-order valence-electron chi connectivity index (χ1n) is 8.34. The van der Waals surface area contributed by atoms with Crippen LogP contribution in [-0.4, -0.2) is 52.5 Å². The van der Waals surface area contributed by atoms with E-state index >= 15 is 0 Å². The van der Waals surface area contributed by atoms with Gasteiger partial charge < -0.3 is 14.7 Å². The topological polar surface area (TPSA) is 91.7 Å². The minimum Gasteiger partial charge on any atom is -0.464 e. The minimum absolute atomic E-state index is 0.124. The van der Waals surface area contributed by atoms with Crippen molar-refractivity contribution in [2.45, 2.75) is 19.8 Å². The second kappa shape index (κ2) is 7.89. The first-order chi connectivity index (χ1) is 12.2. The lowest BCUT2D eigenvalue weighted by molar-refractivity contribution is 0.122. The smallest absolute Gasteiger partial charge is 0.418 e. The normalized spacial score (nSPS) is 14.4. The van der Waals surface area contributed by atoms with Crippen LogP contribution in [0.2, 0.25) is 0 Å². The SMILES string of the molecule is CCCc1nc(N2CCOCC2)nc(N(C(=O)O)c2ccccc2)n1. The first kappa shape index (κ1) is 17.1. The first-order valence-corrected chi connectivity index (χ1v) is 8.34. The maximum Gasteiger partial charge on any atom is 0.418 e. The van der Waals surface area contributed by atoms with E-state index in [0.29, 0.717) is 50.2 Å². The predicted molar refractivity (Wildman–Crippen MR) is 93.5 cm³/mol. The molecule has 2 heterocycles. The van der Waals surface area contributed by atoms with Crippen molar-refractivity contribution >= 4 is 23.7 Å². The molecular weight excluding hydrogens is 322 g/mol. The lowest BCUT2D eigenvalue weighted by atomic mass is 10.3. The summed E-state index contributed by atoms with van der Waals surface area (Å²) in [7, 11) is 0. The molecule has 8 nitrogen and oxygen atoms in total. The van der Waals surface area contributed by atoms with Crippen molar-refractivity contribution in [3.63, 3.8) is 0 Å². The van der Waals surface area contributed by atoms with Gasteiger partial charge in [-0.2, -0.15) is 15.0 Å². The quantitative estimate of drug-likeness (QED) is 0.891. The highest BCUT2D eigenvalue weighted by Gasteiger charge is 2.23. The van der Waals surface area contributed by atoms with Crippen molar-refractivity contribution in [2.75, 3.05) is 36.1 Å². The minimum atomic E-state index is -1.13. The number of nitrogens with zero attached hydrogens (tertiary/aromatic N) is 5. The van der Waals surface area contributed by atoms with Gasteiger partial charge in [0.25, 0.3) is 0 Å². The zero-order chi connectivity index (χ0) is 17.6. The summed E-state index contributed by atoms with van der Waals surface area (Å²) in [6.45, 7) is 4.59. The molecule has 1 aliphatic rings. The fourth-order valence-corrected chi connectivity index (χ4v) is 2.62. The lowest BCUT2D eigenvalue weighted by Gasteiger charge is -2.28. The Morgan fingerprint density at radius 1 is 1.20 bits per heavy atom. The number of ether oxygens (including phenoxy) is 1. The van der Waals surface area contributed by atoms with Crippen LogP contribution >= 0.6 is 0 Å². The molecule has 1 aromatic carbocycles. The van der Waals surface area contributed by atoms with Crippen molar-refractivity contribution in [2.24, 2.45) is 0 Å². The number of carboxylic acid groups (broad SMARTS) is 1. The third-order valence-corrected chi connectivity index (χ3v) is 3.83. The number of benzene rings is 1. The molecule has 0 spiro atoms. The predicted octanol–water partition coefficient (Wildman–Crippen LogP) is 2.48. The molecule has 25 heavy (non-hydrogen) atoms. The van der Waals surface area contributed by atoms with Crippen LogP contribution < -0.4 is 9.80 Å². The Morgan fingerprint density at radius 2 is 1.92 bits per heavy atom.